The Kier molecular flexibility index (Phi) is 20.6. The van der Waals surface area contributed by atoms with E-state index in [0.717, 1.165) is 24.8 Å². The lowest BCUT2D eigenvalue weighted by Crippen LogP contribution is -2.68. The Labute approximate surface area is 490 Å². The Morgan fingerprint density at radius 1 is 0.524 bits per heavy atom. The number of rotatable bonds is 18. The SMILES string of the molecule is CC(C)=CCC[C@@](C)(O[C@@H]1O[C@H](CO[C@@H]2O[C@@H](CO)[C@H](O)[C@H]2O[C@@H]2OC[C@@H](O)[C@H](O)[C@H]2O)[C@@H](O)[C@H](O)[C@H]1O)[C@H]1CC[C@@]2(C)[C@@H]1[C@H](O)C[C@@H]1[C@]3(C)CC[C@H](O[C@@H]4O[C@H](CO)[C@@H](O)[C@H](O)[C@H]4O[C@@H]4O[C@H](CO)[C@@H](O)[C@H](O)[C@H]4O)C(C)(C)[C@@H]3CC[C@@]12C. The third-order valence-electron chi connectivity index (χ3n) is 22.3. The number of aliphatic hydroxyl groups excluding tert-OH is 16. The maximum absolute atomic E-state index is 12.9. The molecule has 0 spiro atoms. The first-order valence-corrected chi connectivity index (χ1v) is 30.2. The van der Waals surface area contributed by atoms with Gasteiger partial charge in [-0.2, -0.15) is 0 Å². The van der Waals surface area contributed by atoms with Crippen LogP contribution in [0.4, 0.5) is 0 Å². The standard InChI is InChI=1S/C58H98O26/c1-24(2)10-9-14-58(8,84-51-46(74)42(70)39(67)31(80-51)23-76-52-47(40(68)30(21-61)78-52)82-49-44(72)36(64)27(63)22-75-49)25-11-16-57(7)35(25)26(62)18-33-55(5)15-13-34(54(3,4)32(55)12-17-56(33,57)6)81-53-48(43(71)38(66)29(20-60)79-53)83-50-45(73)41(69)37(65)28(19-59)77-50/h10,25-53,59-74H,9,11-23H2,1-8H3/t25-,26+,27+,28+,29+,30-,31+,32-,33+,34-,35-,36-,37+,38+,39+,40-,41-,42-,43-,44+,45+,46+,47+,48+,49-,50-,51-,52+,53-,55+,56-,57-,58+/m0/s1. The predicted molar refractivity (Wildman–Crippen MR) is 287 cm³/mol. The van der Waals surface area contributed by atoms with Crippen LogP contribution in [0.1, 0.15) is 113 Å². The Bertz CT molecular complexity index is 2210. The van der Waals surface area contributed by atoms with Gasteiger partial charge in [0.1, 0.15) is 110 Å². The van der Waals surface area contributed by atoms with Crippen molar-refractivity contribution in [3.05, 3.63) is 11.6 Å². The van der Waals surface area contributed by atoms with Crippen LogP contribution in [0.3, 0.4) is 0 Å². The Morgan fingerprint density at radius 3 is 1.70 bits per heavy atom. The first-order chi connectivity index (χ1) is 39.4. The number of aliphatic hydroxyl groups is 16. The second-order valence-electron chi connectivity index (χ2n) is 27.6. The monoisotopic (exact) mass is 1210 g/mol. The summed E-state index contributed by atoms with van der Waals surface area (Å²) in [5.74, 6) is -0.565. The van der Waals surface area contributed by atoms with E-state index in [1.54, 1.807) is 0 Å². The number of hydrogen-bond donors (Lipinski definition) is 16. The molecule has 486 valence electrons. The molecule has 9 aliphatic rings. The van der Waals surface area contributed by atoms with Gasteiger partial charge < -0.3 is 129 Å². The molecule has 0 aromatic carbocycles. The van der Waals surface area contributed by atoms with Crippen LogP contribution in [0, 0.1) is 45.3 Å². The second kappa shape index (κ2) is 25.8. The summed E-state index contributed by atoms with van der Waals surface area (Å²) in [5.41, 5.74) is -1.72. The third kappa shape index (κ3) is 11.9. The highest BCUT2D eigenvalue weighted by Crippen LogP contribution is 2.76. The lowest BCUT2D eigenvalue weighted by Gasteiger charge is -2.71. The van der Waals surface area contributed by atoms with Crippen LogP contribution < -0.4 is 0 Å². The Morgan fingerprint density at radius 2 is 1.06 bits per heavy atom. The molecule has 0 aromatic heterocycles. The van der Waals surface area contributed by atoms with Crippen molar-refractivity contribution in [3.63, 3.8) is 0 Å². The summed E-state index contributed by atoms with van der Waals surface area (Å²) in [4.78, 5) is 0. The zero-order valence-corrected chi connectivity index (χ0v) is 49.5. The molecule has 5 heterocycles. The van der Waals surface area contributed by atoms with E-state index in [-0.39, 0.29) is 34.5 Å². The average Bonchev–Trinajstić information content (AvgIpc) is 1.32. The Balaban J connectivity index is 0.918. The van der Waals surface area contributed by atoms with E-state index in [9.17, 15) is 81.7 Å². The van der Waals surface area contributed by atoms with Gasteiger partial charge >= 0.3 is 0 Å². The molecule has 26 nitrogen and oxygen atoms in total. The summed E-state index contributed by atoms with van der Waals surface area (Å²) in [6.45, 7) is 14.1. The summed E-state index contributed by atoms with van der Waals surface area (Å²) in [7, 11) is 0. The molecule has 4 aliphatic carbocycles. The summed E-state index contributed by atoms with van der Waals surface area (Å²) < 4.78 is 60.9. The summed E-state index contributed by atoms with van der Waals surface area (Å²) in [5, 5.41) is 174. The highest BCUT2D eigenvalue weighted by atomic mass is 16.8. The highest BCUT2D eigenvalue weighted by molar-refractivity contribution is 5.21. The number of allylic oxidation sites excluding steroid dienone is 2. The van der Waals surface area contributed by atoms with E-state index in [2.05, 4.69) is 40.7 Å². The highest BCUT2D eigenvalue weighted by Gasteiger charge is 2.72. The minimum Gasteiger partial charge on any atom is -0.394 e. The first-order valence-electron chi connectivity index (χ1n) is 30.2. The van der Waals surface area contributed by atoms with Gasteiger partial charge in [0.2, 0.25) is 0 Å². The number of fused-ring (bicyclic) bond motifs is 5. The maximum Gasteiger partial charge on any atom is 0.187 e. The molecule has 0 amide bonds. The van der Waals surface area contributed by atoms with E-state index in [0.29, 0.717) is 38.5 Å². The second-order valence-corrected chi connectivity index (χ2v) is 27.6. The minimum absolute atomic E-state index is 0.0176. The normalized spacial score (nSPS) is 52.9. The molecular formula is C58H98O26. The molecule has 0 radical (unpaired) electrons. The Hall–Kier alpha value is -1.30. The van der Waals surface area contributed by atoms with Crippen molar-refractivity contribution < 1.29 is 129 Å². The minimum atomic E-state index is -1.83. The fraction of sp³-hybridized carbons (Fsp3) is 0.966. The van der Waals surface area contributed by atoms with Crippen molar-refractivity contribution in [2.24, 2.45) is 45.3 Å². The summed E-state index contributed by atoms with van der Waals surface area (Å²) >= 11 is 0. The van der Waals surface area contributed by atoms with Crippen LogP contribution in [0.15, 0.2) is 11.6 Å². The molecule has 5 saturated heterocycles. The van der Waals surface area contributed by atoms with Crippen molar-refractivity contribution in [3.8, 4) is 0 Å². The lowest BCUT2D eigenvalue weighted by molar-refractivity contribution is -0.378. The molecule has 9 fully saturated rings. The molecule has 33 atom stereocenters. The van der Waals surface area contributed by atoms with E-state index < -0.39 is 203 Å². The third-order valence-corrected chi connectivity index (χ3v) is 22.3. The molecular weight excluding hydrogens is 1110 g/mol. The van der Waals surface area contributed by atoms with Crippen molar-refractivity contribution in [2.75, 3.05) is 33.0 Å². The van der Waals surface area contributed by atoms with Gasteiger partial charge in [-0.1, -0.05) is 46.3 Å². The van der Waals surface area contributed by atoms with Crippen LogP contribution in [0.25, 0.3) is 0 Å². The number of hydrogen-bond acceptors (Lipinski definition) is 26. The fourth-order valence-electron chi connectivity index (χ4n) is 17.2. The fourth-order valence-corrected chi connectivity index (χ4v) is 17.2. The van der Waals surface area contributed by atoms with E-state index in [4.69, 9.17) is 47.4 Å². The first kappa shape index (κ1) is 67.1. The largest absolute Gasteiger partial charge is 0.394 e. The average molecular weight is 1210 g/mol. The molecule has 0 bridgehead atoms. The topological polar surface area (TPSA) is 416 Å². The van der Waals surface area contributed by atoms with Crippen molar-refractivity contribution in [1.29, 1.82) is 0 Å². The van der Waals surface area contributed by atoms with Crippen LogP contribution in [0.2, 0.25) is 0 Å². The van der Waals surface area contributed by atoms with Crippen LogP contribution >= 0.6 is 0 Å². The molecule has 0 unspecified atom stereocenters. The van der Waals surface area contributed by atoms with Crippen molar-refractivity contribution >= 4 is 0 Å². The van der Waals surface area contributed by atoms with Crippen molar-refractivity contribution in [1.82, 2.24) is 0 Å². The maximum atomic E-state index is 12.9. The quantitative estimate of drug-likeness (QED) is 0.0477. The molecule has 4 saturated carbocycles. The van der Waals surface area contributed by atoms with Gasteiger partial charge in [0, 0.05) is 0 Å². The smallest absolute Gasteiger partial charge is 0.187 e. The molecule has 9 rings (SSSR count). The molecule has 5 aliphatic heterocycles. The van der Waals surface area contributed by atoms with Crippen LogP contribution in [0.5, 0.6) is 0 Å². The van der Waals surface area contributed by atoms with E-state index in [1.807, 2.05) is 20.8 Å². The lowest BCUT2D eigenvalue weighted by atomic mass is 9.35. The van der Waals surface area contributed by atoms with Gasteiger partial charge in [0.05, 0.1) is 50.8 Å². The van der Waals surface area contributed by atoms with Gasteiger partial charge in [-0.05, 0) is 124 Å². The van der Waals surface area contributed by atoms with Gasteiger partial charge in [-0.3, -0.25) is 0 Å². The van der Waals surface area contributed by atoms with Gasteiger partial charge in [0.25, 0.3) is 0 Å². The van der Waals surface area contributed by atoms with Crippen LogP contribution in [-0.4, -0.2) is 274 Å². The van der Waals surface area contributed by atoms with Gasteiger partial charge in [-0.25, -0.2) is 0 Å². The number of ether oxygens (including phenoxy) is 10. The van der Waals surface area contributed by atoms with Gasteiger partial charge in [-0.15, -0.1) is 0 Å². The van der Waals surface area contributed by atoms with Gasteiger partial charge in [0.15, 0.2) is 31.5 Å². The molecule has 84 heavy (non-hydrogen) atoms. The molecule has 26 heteroatoms. The predicted octanol–water partition coefficient (Wildman–Crippen LogP) is -3.10. The zero-order chi connectivity index (χ0) is 61.5. The molecule has 0 aromatic rings. The molecule has 16 N–H and O–H groups in total. The summed E-state index contributed by atoms with van der Waals surface area (Å²) in [6, 6.07) is 0. The summed E-state index contributed by atoms with van der Waals surface area (Å²) in [6.07, 6.45) is -29.8. The van der Waals surface area contributed by atoms with Crippen LogP contribution in [-0.2, 0) is 47.4 Å². The van der Waals surface area contributed by atoms with E-state index >= 15 is 0 Å². The van der Waals surface area contributed by atoms with Crippen molar-refractivity contribution in [2.45, 2.75) is 272 Å². The zero-order valence-electron chi connectivity index (χ0n) is 49.5. The van der Waals surface area contributed by atoms with E-state index in [1.165, 1.54) is 0 Å².